The first kappa shape index (κ1) is 27.2. The fraction of sp³-hybridized carbons (Fsp3) is 0.0682. The highest BCUT2D eigenvalue weighted by atomic mass is 15.0. The highest BCUT2D eigenvalue weighted by molar-refractivity contribution is 6.09. The Morgan fingerprint density at radius 2 is 1.23 bits per heavy atom. The average Bonchev–Trinajstić information content (AvgIpc) is 3.65. The third-order valence-electron chi connectivity index (χ3n) is 9.78. The zero-order chi connectivity index (χ0) is 31.5. The van der Waals surface area contributed by atoms with Crippen molar-refractivity contribution in [3.05, 3.63) is 162 Å². The summed E-state index contributed by atoms with van der Waals surface area (Å²) in [4.78, 5) is 0. The molecule has 0 spiro atoms. The predicted octanol–water partition coefficient (Wildman–Crippen LogP) is 11.5. The molecular weight excluding hydrogens is 571 g/mol. The van der Waals surface area contributed by atoms with Gasteiger partial charge in [0, 0.05) is 50.1 Å². The van der Waals surface area contributed by atoms with Gasteiger partial charge in [0.15, 0.2) is 0 Å². The lowest BCUT2D eigenvalue weighted by Crippen LogP contribution is -2.08. The van der Waals surface area contributed by atoms with E-state index in [1.807, 2.05) is 6.07 Å². The van der Waals surface area contributed by atoms with E-state index in [0.29, 0.717) is 11.5 Å². The zero-order valence-electron chi connectivity index (χ0n) is 26.1. The summed E-state index contributed by atoms with van der Waals surface area (Å²) in [5.74, 6) is 0.399. The van der Waals surface area contributed by atoms with Crippen LogP contribution in [0.15, 0.2) is 146 Å². The van der Waals surface area contributed by atoms with E-state index in [4.69, 9.17) is 0 Å². The van der Waals surface area contributed by atoms with E-state index in [0.717, 1.165) is 40.0 Å². The molecule has 0 bridgehead atoms. The van der Waals surface area contributed by atoms with Crippen molar-refractivity contribution in [1.29, 1.82) is 5.26 Å². The lowest BCUT2D eigenvalue weighted by atomic mass is 9.92. The minimum absolute atomic E-state index is 0.399. The molecule has 0 amide bonds. The summed E-state index contributed by atoms with van der Waals surface area (Å²) in [6.45, 7) is 2.32. The Balaban J connectivity index is 1.23. The number of para-hydroxylation sites is 4. The van der Waals surface area contributed by atoms with Crippen LogP contribution in [0.3, 0.4) is 0 Å². The molecule has 6 aromatic carbocycles. The Kier molecular flexibility index (Phi) is 6.23. The maximum absolute atomic E-state index is 10.3. The molecule has 0 fully saturated rings. The lowest BCUT2D eigenvalue weighted by molar-refractivity contribution is 0.724. The van der Waals surface area contributed by atoms with Crippen molar-refractivity contribution in [2.45, 2.75) is 19.3 Å². The van der Waals surface area contributed by atoms with Crippen molar-refractivity contribution >= 4 is 38.8 Å². The fourth-order valence-corrected chi connectivity index (χ4v) is 7.68. The van der Waals surface area contributed by atoms with Crippen LogP contribution in [0.2, 0.25) is 0 Å². The topological polar surface area (TPSA) is 33.6 Å². The molecule has 0 radical (unpaired) electrons. The van der Waals surface area contributed by atoms with Crippen molar-refractivity contribution in [2.75, 3.05) is 0 Å². The van der Waals surface area contributed by atoms with Gasteiger partial charge in [-0.1, -0.05) is 110 Å². The van der Waals surface area contributed by atoms with E-state index >= 15 is 0 Å². The van der Waals surface area contributed by atoms with Crippen LogP contribution in [-0.2, 0) is 0 Å². The van der Waals surface area contributed by atoms with Gasteiger partial charge in [-0.15, -0.1) is 0 Å². The number of aromatic nitrogens is 2. The number of nitrogens with zero attached hydrogens (tertiary/aromatic N) is 3. The van der Waals surface area contributed by atoms with Crippen molar-refractivity contribution in [2.24, 2.45) is 0 Å². The number of benzene rings is 6. The normalized spacial score (nSPS) is 14.1. The van der Waals surface area contributed by atoms with Crippen LogP contribution >= 0.6 is 0 Å². The summed E-state index contributed by atoms with van der Waals surface area (Å²) in [6.07, 6.45) is 5.62. The van der Waals surface area contributed by atoms with E-state index < -0.39 is 0 Å². The summed E-state index contributed by atoms with van der Waals surface area (Å²) in [5.41, 5.74) is 13.3. The molecule has 2 heterocycles. The number of nitriles is 1. The van der Waals surface area contributed by atoms with Crippen LogP contribution in [0.1, 0.15) is 36.1 Å². The van der Waals surface area contributed by atoms with Crippen molar-refractivity contribution in [1.82, 2.24) is 9.13 Å². The SMILES string of the molecule is CC1CC=Cc2c1n(-c1ccccc1-c1ccc(C#N)c(-c3cccc(-n4c5ccccc5c5ccccc54)c3)c1)c1ccccc21. The number of fused-ring (bicyclic) bond motifs is 6. The van der Waals surface area contributed by atoms with E-state index in [9.17, 15) is 5.26 Å². The molecule has 1 unspecified atom stereocenters. The quantitative estimate of drug-likeness (QED) is 0.198. The molecule has 3 heteroatoms. The van der Waals surface area contributed by atoms with Crippen LogP contribution in [0.25, 0.3) is 72.4 Å². The Morgan fingerprint density at radius 1 is 0.596 bits per heavy atom. The van der Waals surface area contributed by atoms with Gasteiger partial charge in [-0.05, 0) is 66.1 Å². The average molecular weight is 602 g/mol. The molecule has 1 atom stereocenters. The zero-order valence-corrected chi connectivity index (χ0v) is 26.1. The monoisotopic (exact) mass is 601 g/mol. The molecule has 47 heavy (non-hydrogen) atoms. The van der Waals surface area contributed by atoms with Crippen molar-refractivity contribution < 1.29 is 0 Å². The Labute approximate surface area is 273 Å². The summed E-state index contributed by atoms with van der Waals surface area (Å²) in [6, 6.07) is 51.9. The van der Waals surface area contributed by atoms with Gasteiger partial charge in [0.2, 0.25) is 0 Å². The van der Waals surface area contributed by atoms with Gasteiger partial charge in [0.1, 0.15) is 0 Å². The summed E-state index contributed by atoms with van der Waals surface area (Å²) in [7, 11) is 0. The second-order valence-corrected chi connectivity index (χ2v) is 12.5. The van der Waals surface area contributed by atoms with E-state index in [2.05, 4.69) is 168 Å². The van der Waals surface area contributed by atoms with Gasteiger partial charge >= 0.3 is 0 Å². The second-order valence-electron chi connectivity index (χ2n) is 12.5. The number of rotatable bonds is 4. The highest BCUT2D eigenvalue weighted by Crippen LogP contribution is 2.42. The smallest absolute Gasteiger partial charge is 0.0998 e. The second kappa shape index (κ2) is 10.8. The highest BCUT2D eigenvalue weighted by Gasteiger charge is 2.24. The largest absolute Gasteiger partial charge is 0.312 e. The Hall–Kier alpha value is -6.11. The van der Waals surface area contributed by atoms with E-state index in [-0.39, 0.29) is 0 Å². The lowest BCUT2D eigenvalue weighted by Gasteiger charge is -2.21. The standard InChI is InChI=1S/C44H31N3/c1-29-12-10-19-38-37-18-5-9-23-43(37)47(44(29)38)40-20-6-2-15-34(40)31-24-25-32(28-45)39(27-31)30-13-11-14-33(26-30)46-41-21-7-3-16-35(41)36-17-4-8-22-42(36)46/h2-11,13-27,29H,12H2,1H3. The number of hydrogen-bond acceptors (Lipinski definition) is 1. The summed E-state index contributed by atoms with van der Waals surface area (Å²) in [5, 5.41) is 14.0. The molecule has 0 aliphatic heterocycles. The van der Waals surface area contributed by atoms with Gasteiger partial charge in [-0.2, -0.15) is 5.26 Å². The van der Waals surface area contributed by atoms with Gasteiger partial charge in [-0.25, -0.2) is 0 Å². The van der Waals surface area contributed by atoms with Crippen LogP contribution in [0.4, 0.5) is 0 Å². The minimum atomic E-state index is 0.399. The van der Waals surface area contributed by atoms with Gasteiger partial charge in [-0.3, -0.25) is 0 Å². The van der Waals surface area contributed by atoms with Crippen LogP contribution in [0.5, 0.6) is 0 Å². The summed E-state index contributed by atoms with van der Waals surface area (Å²) < 4.78 is 4.80. The summed E-state index contributed by atoms with van der Waals surface area (Å²) >= 11 is 0. The third kappa shape index (κ3) is 4.19. The Bertz CT molecular complexity index is 2530. The van der Waals surface area contributed by atoms with Gasteiger partial charge in [0.25, 0.3) is 0 Å². The molecule has 9 rings (SSSR count). The van der Waals surface area contributed by atoms with E-state index in [1.165, 1.54) is 44.0 Å². The Morgan fingerprint density at radius 3 is 1.98 bits per heavy atom. The fourth-order valence-electron chi connectivity index (χ4n) is 7.68. The maximum atomic E-state index is 10.3. The van der Waals surface area contributed by atoms with Crippen LogP contribution in [0, 0.1) is 11.3 Å². The maximum Gasteiger partial charge on any atom is 0.0998 e. The molecule has 1 aliphatic carbocycles. The molecule has 1 aliphatic rings. The molecule has 0 saturated heterocycles. The predicted molar refractivity (Wildman–Crippen MR) is 195 cm³/mol. The number of hydrogen-bond donors (Lipinski definition) is 0. The van der Waals surface area contributed by atoms with Crippen molar-refractivity contribution in [3.8, 4) is 39.7 Å². The molecule has 0 saturated carbocycles. The molecule has 8 aromatic rings. The van der Waals surface area contributed by atoms with Gasteiger partial charge < -0.3 is 9.13 Å². The van der Waals surface area contributed by atoms with E-state index in [1.54, 1.807) is 0 Å². The first-order chi connectivity index (χ1) is 23.2. The van der Waals surface area contributed by atoms with Crippen molar-refractivity contribution in [3.63, 3.8) is 0 Å². The number of allylic oxidation sites excluding steroid dienone is 1. The van der Waals surface area contributed by atoms with Crippen LogP contribution in [-0.4, -0.2) is 9.13 Å². The first-order valence-electron chi connectivity index (χ1n) is 16.2. The molecule has 222 valence electrons. The van der Waals surface area contributed by atoms with Gasteiger partial charge in [0.05, 0.1) is 33.9 Å². The minimum Gasteiger partial charge on any atom is -0.312 e. The third-order valence-corrected chi connectivity index (χ3v) is 9.78. The van der Waals surface area contributed by atoms with Crippen LogP contribution < -0.4 is 0 Å². The molecular formula is C44H31N3. The molecule has 2 aromatic heterocycles. The molecule has 0 N–H and O–H groups in total. The molecule has 3 nitrogen and oxygen atoms in total. The first-order valence-corrected chi connectivity index (χ1v) is 16.2.